The van der Waals surface area contributed by atoms with E-state index in [1.165, 1.54) is 55.6 Å². The van der Waals surface area contributed by atoms with Crippen LogP contribution in [0.4, 0.5) is 26.0 Å². The Balaban J connectivity index is 1.82. The zero-order valence-corrected chi connectivity index (χ0v) is 16.1. The first-order valence-electron chi connectivity index (χ1n) is 8.60. The molecule has 1 heterocycles. The van der Waals surface area contributed by atoms with Gasteiger partial charge in [0.05, 0.1) is 12.1 Å². The first-order chi connectivity index (χ1) is 13.8. The van der Waals surface area contributed by atoms with Crippen LogP contribution in [0.3, 0.4) is 0 Å². The van der Waals surface area contributed by atoms with Gasteiger partial charge in [0.1, 0.15) is 17.5 Å². The van der Waals surface area contributed by atoms with E-state index in [1.54, 1.807) is 6.07 Å². The second-order valence-corrected chi connectivity index (χ2v) is 6.58. The van der Waals surface area contributed by atoms with Gasteiger partial charge in [0.25, 0.3) is 0 Å². The van der Waals surface area contributed by atoms with E-state index in [0.717, 1.165) is 11.0 Å². The van der Waals surface area contributed by atoms with Crippen molar-refractivity contribution in [1.29, 1.82) is 0 Å². The van der Waals surface area contributed by atoms with Crippen LogP contribution in [0.5, 0.6) is 0 Å². The Morgan fingerprint density at radius 3 is 2.55 bits per heavy atom. The van der Waals surface area contributed by atoms with Crippen LogP contribution < -0.4 is 10.2 Å². The number of carbonyl (C=O) groups excluding carboxylic acids is 2. The molecule has 29 heavy (non-hydrogen) atoms. The molecule has 8 heteroatoms. The van der Waals surface area contributed by atoms with E-state index < -0.39 is 23.4 Å². The summed E-state index contributed by atoms with van der Waals surface area (Å²) >= 11 is 5.95. The largest absolute Gasteiger partial charge is 0.326 e. The molecule has 2 amide bonds. The molecule has 1 N–H and O–H groups in total. The second-order valence-electron chi connectivity index (χ2n) is 6.17. The molecule has 0 atom stereocenters. The number of halogens is 3. The topological polar surface area (TPSA) is 62.3 Å². The Labute approximate surface area is 170 Å². The molecular formula is C21H16ClF2N3O2. The van der Waals surface area contributed by atoms with Gasteiger partial charge < -0.3 is 5.32 Å². The predicted molar refractivity (Wildman–Crippen MR) is 107 cm³/mol. The summed E-state index contributed by atoms with van der Waals surface area (Å²) in [4.78, 5) is 29.7. The predicted octanol–water partition coefficient (Wildman–Crippen LogP) is 4.88. The third-order valence-electron chi connectivity index (χ3n) is 4.03. The van der Waals surface area contributed by atoms with Crippen LogP contribution in [-0.2, 0) is 16.0 Å². The smallest absolute Gasteiger partial charge is 0.229 e. The number of carbonyl (C=O) groups is 2. The van der Waals surface area contributed by atoms with Crippen LogP contribution in [0.15, 0.2) is 60.8 Å². The summed E-state index contributed by atoms with van der Waals surface area (Å²) in [6, 6.07) is 12.6. The van der Waals surface area contributed by atoms with Crippen molar-refractivity contribution >= 4 is 40.6 Å². The van der Waals surface area contributed by atoms with Crippen LogP contribution in [0.1, 0.15) is 12.5 Å². The number of hydrogen-bond donors (Lipinski definition) is 1. The molecule has 0 unspecified atom stereocenters. The molecular weight excluding hydrogens is 400 g/mol. The van der Waals surface area contributed by atoms with E-state index in [2.05, 4.69) is 10.3 Å². The zero-order valence-electron chi connectivity index (χ0n) is 15.3. The SMILES string of the molecule is CC(=O)N(c1cc(NC(=O)Cc2ccc(F)cc2Cl)ccn1)c1ccccc1F. The number of anilines is 3. The molecule has 3 rings (SSSR count). The summed E-state index contributed by atoms with van der Waals surface area (Å²) in [7, 11) is 0. The monoisotopic (exact) mass is 415 g/mol. The average molecular weight is 416 g/mol. The molecule has 1 aromatic heterocycles. The number of benzene rings is 2. The van der Waals surface area contributed by atoms with Crippen molar-refractivity contribution in [2.75, 3.05) is 10.2 Å². The molecule has 0 bridgehead atoms. The fourth-order valence-corrected chi connectivity index (χ4v) is 2.98. The van der Waals surface area contributed by atoms with Crippen molar-refractivity contribution < 1.29 is 18.4 Å². The Morgan fingerprint density at radius 1 is 1.10 bits per heavy atom. The third kappa shape index (κ3) is 4.94. The van der Waals surface area contributed by atoms with Gasteiger partial charge in [-0.25, -0.2) is 13.8 Å². The van der Waals surface area contributed by atoms with Gasteiger partial charge in [0.2, 0.25) is 11.8 Å². The number of rotatable bonds is 5. The maximum atomic E-state index is 14.2. The van der Waals surface area contributed by atoms with Crippen LogP contribution in [-0.4, -0.2) is 16.8 Å². The van der Waals surface area contributed by atoms with Crippen molar-refractivity contribution in [1.82, 2.24) is 4.98 Å². The summed E-state index contributed by atoms with van der Waals surface area (Å²) in [5, 5.41) is 2.82. The quantitative estimate of drug-likeness (QED) is 0.646. The number of amides is 2. The molecule has 0 saturated heterocycles. The normalized spacial score (nSPS) is 10.5. The van der Waals surface area contributed by atoms with Crippen molar-refractivity contribution in [2.45, 2.75) is 13.3 Å². The lowest BCUT2D eigenvalue weighted by molar-refractivity contribution is -0.116. The van der Waals surface area contributed by atoms with Crippen molar-refractivity contribution in [3.8, 4) is 0 Å². The minimum absolute atomic E-state index is 0.0501. The molecule has 0 spiro atoms. The Bertz CT molecular complexity index is 1080. The average Bonchev–Trinajstić information content (AvgIpc) is 2.66. The highest BCUT2D eigenvalue weighted by Crippen LogP contribution is 2.28. The number of nitrogens with zero attached hydrogens (tertiary/aromatic N) is 2. The Hall–Kier alpha value is -3.32. The number of para-hydroxylation sites is 1. The van der Waals surface area contributed by atoms with Crippen LogP contribution in [0.2, 0.25) is 5.02 Å². The first kappa shape index (κ1) is 20.4. The Morgan fingerprint density at radius 2 is 1.86 bits per heavy atom. The zero-order chi connectivity index (χ0) is 21.0. The summed E-state index contributed by atoms with van der Waals surface area (Å²) in [6.45, 7) is 1.29. The van der Waals surface area contributed by atoms with Crippen molar-refractivity contribution in [3.05, 3.63) is 83.0 Å². The van der Waals surface area contributed by atoms with E-state index >= 15 is 0 Å². The minimum atomic E-state index is -0.579. The van der Waals surface area contributed by atoms with Gasteiger partial charge >= 0.3 is 0 Å². The number of hydrogen-bond acceptors (Lipinski definition) is 3. The van der Waals surface area contributed by atoms with E-state index in [9.17, 15) is 18.4 Å². The molecule has 0 aliphatic carbocycles. The van der Waals surface area contributed by atoms with Gasteiger partial charge in [0, 0.05) is 29.9 Å². The van der Waals surface area contributed by atoms with E-state index in [0.29, 0.717) is 11.3 Å². The standard InChI is InChI=1S/C21H16ClF2N3O2/c1-13(28)27(19-5-3-2-4-18(19)24)20-12-16(8-9-25-20)26-21(29)10-14-6-7-15(23)11-17(14)22/h2-9,11-12H,10H2,1H3,(H,25,26,29). The summed E-state index contributed by atoms with van der Waals surface area (Å²) in [6.07, 6.45) is 1.33. The molecule has 0 aliphatic heterocycles. The van der Waals surface area contributed by atoms with Crippen LogP contribution in [0.25, 0.3) is 0 Å². The second kappa shape index (κ2) is 8.79. The number of aromatic nitrogens is 1. The number of nitrogens with one attached hydrogen (secondary N) is 1. The summed E-state index contributed by atoms with van der Waals surface area (Å²) in [5.41, 5.74) is 0.881. The molecule has 0 radical (unpaired) electrons. The molecule has 3 aromatic rings. The first-order valence-corrected chi connectivity index (χ1v) is 8.98. The van der Waals surface area contributed by atoms with Gasteiger partial charge in [-0.2, -0.15) is 0 Å². The number of pyridine rings is 1. The van der Waals surface area contributed by atoms with Crippen LogP contribution >= 0.6 is 11.6 Å². The maximum Gasteiger partial charge on any atom is 0.229 e. The molecule has 0 aliphatic rings. The van der Waals surface area contributed by atoms with Gasteiger partial charge in [-0.05, 0) is 35.9 Å². The lowest BCUT2D eigenvalue weighted by Gasteiger charge is -2.21. The summed E-state index contributed by atoms with van der Waals surface area (Å²) < 4.78 is 27.3. The highest BCUT2D eigenvalue weighted by Gasteiger charge is 2.19. The third-order valence-corrected chi connectivity index (χ3v) is 4.38. The molecule has 148 valence electrons. The van der Waals surface area contributed by atoms with Crippen LogP contribution in [0, 0.1) is 11.6 Å². The molecule has 0 saturated carbocycles. The molecule has 5 nitrogen and oxygen atoms in total. The maximum absolute atomic E-state index is 14.2. The van der Waals surface area contributed by atoms with Gasteiger partial charge in [-0.3, -0.25) is 14.5 Å². The molecule has 2 aromatic carbocycles. The lowest BCUT2D eigenvalue weighted by atomic mass is 10.1. The fourth-order valence-electron chi connectivity index (χ4n) is 2.75. The van der Waals surface area contributed by atoms with Gasteiger partial charge in [-0.15, -0.1) is 0 Å². The van der Waals surface area contributed by atoms with E-state index in [1.807, 2.05) is 0 Å². The molecule has 0 fully saturated rings. The van der Waals surface area contributed by atoms with Gasteiger partial charge in [0.15, 0.2) is 0 Å². The van der Waals surface area contributed by atoms with Crippen molar-refractivity contribution in [3.63, 3.8) is 0 Å². The van der Waals surface area contributed by atoms with E-state index in [4.69, 9.17) is 11.6 Å². The highest BCUT2D eigenvalue weighted by atomic mass is 35.5. The minimum Gasteiger partial charge on any atom is -0.326 e. The van der Waals surface area contributed by atoms with Crippen molar-refractivity contribution in [2.24, 2.45) is 0 Å². The Kier molecular flexibility index (Phi) is 6.19. The fraction of sp³-hybridized carbons (Fsp3) is 0.0952. The van der Waals surface area contributed by atoms with Gasteiger partial charge in [-0.1, -0.05) is 29.8 Å². The highest BCUT2D eigenvalue weighted by molar-refractivity contribution is 6.31. The lowest BCUT2D eigenvalue weighted by Crippen LogP contribution is -2.25. The van der Waals surface area contributed by atoms with E-state index in [-0.39, 0.29) is 22.9 Å². The summed E-state index contributed by atoms with van der Waals surface area (Å²) in [5.74, 6) is -1.75.